The lowest BCUT2D eigenvalue weighted by molar-refractivity contribution is 0.0539. The molecule has 0 amide bonds. The van der Waals surface area contributed by atoms with E-state index in [2.05, 4.69) is 40.5 Å². The first-order chi connectivity index (χ1) is 16.6. The molecule has 0 radical (unpaired) electrons. The first-order valence-corrected chi connectivity index (χ1v) is 13.3. The van der Waals surface area contributed by atoms with E-state index in [1.165, 1.54) is 64.1 Å². The highest BCUT2D eigenvalue weighted by Gasteiger charge is 2.33. The Labute approximate surface area is 205 Å². The number of piperidine rings is 2. The molecule has 1 atom stereocenters. The Morgan fingerprint density at radius 3 is 2.24 bits per heavy atom. The minimum Gasteiger partial charge on any atom is -0.493 e. The first-order valence-electron chi connectivity index (χ1n) is 13.3. The summed E-state index contributed by atoms with van der Waals surface area (Å²) in [7, 11) is 3.36. The van der Waals surface area contributed by atoms with Crippen LogP contribution < -0.4 is 9.47 Å². The highest BCUT2D eigenvalue weighted by molar-refractivity contribution is 5.63. The molecule has 2 saturated heterocycles. The number of hydrogen-bond acceptors (Lipinski definition) is 5. The van der Waals surface area contributed by atoms with Crippen molar-refractivity contribution >= 4 is 0 Å². The normalized spacial score (nSPS) is 23.3. The quantitative estimate of drug-likeness (QED) is 0.617. The smallest absolute Gasteiger partial charge is 0.161 e. The summed E-state index contributed by atoms with van der Waals surface area (Å²) in [6, 6.07) is 7.58. The molecule has 6 nitrogen and oxygen atoms in total. The maximum atomic E-state index is 5.50. The van der Waals surface area contributed by atoms with Gasteiger partial charge in [0.15, 0.2) is 11.5 Å². The van der Waals surface area contributed by atoms with E-state index in [0.29, 0.717) is 6.04 Å². The Balaban J connectivity index is 1.17. The summed E-state index contributed by atoms with van der Waals surface area (Å²) >= 11 is 0. The zero-order chi connectivity index (χ0) is 23.7. The minimum absolute atomic E-state index is 0.692. The van der Waals surface area contributed by atoms with E-state index < -0.39 is 0 Å². The molecule has 0 spiro atoms. The number of aryl methyl sites for hydroxylation is 1. The van der Waals surface area contributed by atoms with Gasteiger partial charge in [-0.2, -0.15) is 0 Å². The molecule has 4 heterocycles. The van der Waals surface area contributed by atoms with E-state index >= 15 is 0 Å². The van der Waals surface area contributed by atoms with Gasteiger partial charge in [0.1, 0.15) is 5.82 Å². The van der Waals surface area contributed by atoms with Crippen LogP contribution in [0.1, 0.15) is 51.8 Å². The van der Waals surface area contributed by atoms with Gasteiger partial charge >= 0.3 is 0 Å². The van der Waals surface area contributed by atoms with Crippen molar-refractivity contribution in [3.8, 4) is 22.8 Å². The molecule has 186 valence electrons. The number of hydrogen-bond donors (Lipinski definition) is 0. The monoisotopic (exact) mass is 466 g/mol. The first kappa shape index (κ1) is 23.7. The maximum absolute atomic E-state index is 5.50. The molecular weight excluding hydrogens is 424 g/mol. The zero-order valence-electron chi connectivity index (χ0n) is 21.5. The fourth-order valence-electron chi connectivity index (χ4n) is 6.51. The van der Waals surface area contributed by atoms with Crippen LogP contribution >= 0.6 is 0 Å². The van der Waals surface area contributed by atoms with Gasteiger partial charge < -0.3 is 23.8 Å². The summed E-state index contributed by atoms with van der Waals surface area (Å²) in [6.07, 6.45) is 10.0. The van der Waals surface area contributed by atoms with Gasteiger partial charge in [-0.15, -0.1) is 0 Å². The van der Waals surface area contributed by atoms with Crippen LogP contribution in [0.2, 0.25) is 0 Å². The van der Waals surface area contributed by atoms with Crippen LogP contribution in [0.3, 0.4) is 0 Å². The van der Waals surface area contributed by atoms with Crippen molar-refractivity contribution in [2.24, 2.45) is 11.8 Å². The molecule has 1 unspecified atom stereocenters. The number of likely N-dealkylation sites (tertiary alicyclic amines) is 2. The van der Waals surface area contributed by atoms with Crippen molar-refractivity contribution in [3.63, 3.8) is 0 Å². The molecule has 0 aliphatic carbocycles. The van der Waals surface area contributed by atoms with Crippen LogP contribution in [0.25, 0.3) is 11.3 Å². The summed E-state index contributed by atoms with van der Waals surface area (Å²) in [4.78, 5) is 10.5. The van der Waals surface area contributed by atoms with Crippen molar-refractivity contribution in [1.82, 2.24) is 19.4 Å². The predicted octanol–water partition coefficient (Wildman–Crippen LogP) is 4.71. The molecular formula is C28H42N4O2. The van der Waals surface area contributed by atoms with Gasteiger partial charge in [-0.05, 0) is 102 Å². The number of aromatic nitrogens is 2. The number of nitrogens with zero attached hydrogens (tertiary/aromatic N) is 4. The average Bonchev–Trinajstić information content (AvgIpc) is 3.32. The van der Waals surface area contributed by atoms with Crippen molar-refractivity contribution in [2.75, 3.05) is 40.4 Å². The number of benzene rings is 1. The van der Waals surface area contributed by atoms with Crippen molar-refractivity contribution < 1.29 is 9.47 Å². The lowest BCUT2D eigenvalue weighted by Gasteiger charge is -2.44. The number of methoxy groups -OCH3 is 2. The summed E-state index contributed by atoms with van der Waals surface area (Å²) < 4.78 is 13.3. The van der Waals surface area contributed by atoms with Crippen LogP contribution in [0.5, 0.6) is 11.5 Å². The lowest BCUT2D eigenvalue weighted by atomic mass is 9.78. The van der Waals surface area contributed by atoms with Gasteiger partial charge in [0.05, 0.1) is 19.9 Å². The largest absolute Gasteiger partial charge is 0.493 e. The molecule has 2 aromatic rings. The van der Waals surface area contributed by atoms with Crippen molar-refractivity contribution in [3.05, 3.63) is 30.2 Å². The van der Waals surface area contributed by atoms with Gasteiger partial charge in [-0.3, -0.25) is 0 Å². The second-order valence-electron chi connectivity index (χ2n) is 10.8. The molecule has 3 aliphatic rings. The average molecular weight is 467 g/mol. The number of rotatable bonds is 6. The summed E-state index contributed by atoms with van der Waals surface area (Å²) in [6.45, 7) is 10.9. The molecule has 0 N–H and O–H groups in total. The van der Waals surface area contributed by atoms with Gasteiger partial charge in [0.2, 0.25) is 0 Å². The third kappa shape index (κ3) is 4.85. The lowest BCUT2D eigenvalue weighted by Crippen LogP contribution is -2.49. The Kier molecular flexibility index (Phi) is 7.16. The standard InChI is InChI=1S/C28H42N4O2/c1-20(2)30-15-10-24(11-16-30)31-12-7-21(8-13-31)22-9-14-32-19-25(29-28(32)18-22)23-5-6-26(33-3)27(17-23)34-4/h5-6,17,19-22,24H,7-16,18H2,1-4H3. The van der Waals surface area contributed by atoms with Crippen molar-refractivity contribution in [2.45, 2.75) is 71.0 Å². The molecule has 0 bridgehead atoms. The van der Waals surface area contributed by atoms with Crippen LogP contribution in [0, 0.1) is 11.8 Å². The Bertz CT molecular complexity index is 955. The molecule has 3 aliphatic heterocycles. The Morgan fingerprint density at radius 1 is 0.853 bits per heavy atom. The molecule has 1 aromatic carbocycles. The van der Waals surface area contributed by atoms with Gasteiger partial charge in [0, 0.05) is 36.8 Å². The van der Waals surface area contributed by atoms with Gasteiger partial charge in [-0.25, -0.2) is 4.98 Å². The van der Waals surface area contributed by atoms with Crippen molar-refractivity contribution in [1.29, 1.82) is 0 Å². The van der Waals surface area contributed by atoms with Crippen LogP contribution in [-0.4, -0.2) is 71.8 Å². The molecule has 6 heteroatoms. The fourth-order valence-corrected chi connectivity index (χ4v) is 6.51. The molecule has 2 fully saturated rings. The third-order valence-corrected chi connectivity index (χ3v) is 8.71. The topological polar surface area (TPSA) is 42.8 Å². The molecule has 0 saturated carbocycles. The summed E-state index contributed by atoms with van der Waals surface area (Å²) in [5.41, 5.74) is 2.13. The maximum Gasteiger partial charge on any atom is 0.161 e. The van der Waals surface area contributed by atoms with Crippen LogP contribution in [0.4, 0.5) is 0 Å². The molecule has 34 heavy (non-hydrogen) atoms. The highest BCUT2D eigenvalue weighted by atomic mass is 16.5. The van der Waals surface area contributed by atoms with E-state index in [4.69, 9.17) is 14.5 Å². The number of imidazole rings is 1. The summed E-state index contributed by atoms with van der Waals surface area (Å²) in [5.74, 6) is 4.39. The van der Waals surface area contributed by atoms with E-state index in [-0.39, 0.29) is 0 Å². The Hall–Kier alpha value is -2.05. The number of ether oxygens (including phenoxy) is 2. The van der Waals surface area contributed by atoms with Crippen LogP contribution in [0.15, 0.2) is 24.4 Å². The van der Waals surface area contributed by atoms with Crippen LogP contribution in [-0.2, 0) is 13.0 Å². The molecule has 5 rings (SSSR count). The van der Waals surface area contributed by atoms with E-state index in [0.717, 1.165) is 53.6 Å². The number of fused-ring (bicyclic) bond motifs is 1. The van der Waals surface area contributed by atoms with E-state index in [1.807, 2.05) is 12.1 Å². The fraction of sp³-hybridized carbons (Fsp3) is 0.679. The van der Waals surface area contributed by atoms with E-state index in [1.54, 1.807) is 14.2 Å². The van der Waals surface area contributed by atoms with E-state index in [9.17, 15) is 0 Å². The second kappa shape index (κ2) is 10.3. The molecule has 1 aromatic heterocycles. The minimum atomic E-state index is 0.692. The van der Waals surface area contributed by atoms with Gasteiger partial charge in [-0.1, -0.05) is 0 Å². The summed E-state index contributed by atoms with van der Waals surface area (Å²) in [5, 5.41) is 0. The zero-order valence-corrected chi connectivity index (χ0v) is 21.5. The Morgan fingerprint density at radius 2 is 1.56 bits per heavy atom. The highest BCUT2D eigenvalue weighted by Crippen LogP contribution is 2.37. The van der Waals surface area contributed by atoms with Gasteiger partial charge in [0.25, 0.3) is 0 Å². The second-order valence-corrected chi connectivity index (χ2v) is 10.8. The third-order valence-electron chi connectivity index (χ3n) is 8.71. The SMILES string of the molecule is COc1ccc(-c2cn3c(n2)CC(C2CCN(C4CCN(C(C)C)CC4)CC2)CC3)cc1OC. The predicted molar refractivity (Wildman–Crippen MR) is 137 cm³/mol.